The Kier molecular flexibility index (Phi) is 4.99. The molecule has 1 saturated heterocycles. The minimum absolute atomic E-state index is 0.182. The molecule has 5 nitrogen and oxygen atoms in total. The van der Waals surface area contributed by atoms with Gasteiger partial charge in [-0.05, 0) is 17.7 Å². The Hall–Kier alpha value is -2.47. The maximum Gasteiger partial charge on any atom is 0.203 e. The predicted molar refractivity (Wildman–Crippen MR) is 102 cm³/mol. The summed E-state index contributed by atoms with van der Waals surface area (Å²) >= 11 is 5.52. The second-order valence-corrected chi connectivity index (χ2v) is 6.11. The fourth-order valence-electron chi connectivity index (χ4n) is 3.04. The third kappa shape index (κ3) is 3.09. The highest BCUT2D eigenvalue weighted by molar-refractivity contribution is 7.80. The second kappa shape index (κ2) is 7.19. The Balaban J connectivity index is 1.97. The zero-order valence-electron chi connectivity index (χ0n) is 14.7. The highest BCUT2D eigenvalue weighted by Crippen LogP contribution is 2.46. The standard InChI is InChI=1S/C19H21NO4S/c1-21-14-7-5-12(6-8-14)15-11-18(25)20(15)13-9-16(22-2)19(24-4)17(10-13)23-3/h5-10,15H,11H2,1-4H3. The first-order valence-electron chi connectivity index (χ1n) is 7.89. The van der Waals surface area contributed by atoms with Crippen molar-refractivity contribution in [3.63, 3.8) is 0 Å². The smallest absolute Gasteiger partial charge is 0.203 e. The number of hydrogen-bond acceptors (Lipinski definition) is 5. The zero-order chi connectivity index (χ0) is 18.0. The number of ether oxygens (including phenoxy) is 4. The average molecular weight is 359 g/mol. The molecule has 6 heteroatoms. The van der Waals surface area contributed by atoms with Crippen LogP contribution in [-0.2, 0) is 0 Å². The summed E-state index contributed by atoms with van der Waals surface area (Å²) in [5.74, 6) is 2.63. The summed E-state index contributed by atoms with van der Waals surface area (Å²) in [5, 5.41) is 0. The van der Waals surface area contributed by atoms with Gasteiger partial charge in [-0.2, -0.15) is 0 Å². The number of thiocarbonyl (C=S) groups is 1. The van der Waals surface area contributed by atoms with E-state index in [1.165, 1.54) is 5.56 Å². The predicted octanol–water partition coefficient (Wildman–Crippen LogP) is 4.00. The maximum atomic E-state index is 5.52. The van der Waals surface area contributed by atoms with Crippen molar-refractivity contribution < 1.29 is 18.9 Å². The summed E-state index contributed by atoms with van der Waals surface area (Å²) in [4.78, 5) is 3.00. The van der Waals surface area contributed by atoms with Crippen molar-refractivity contribution in [2.45, 2.75) is 12.5 Å². The summed E-state index contributed by atoms with van der Waals surface area (Å²) in [5.41, 5.74) is 2.11. The SMILES string of the molecule is COc1ccc(C2CC(=S)N2c2cc(OC)c(OC)c(OC)c2)cc1. The van der Waals surface area contributed by atoms with Gasteiger partial charge in [-0.1, -0.05) is 24.4 Å². The van der Waals surface area contributed by atoms with Gasteiger partial charge in [-0.25, -0.2) is 0 Å². The van der Waals surface area contributed by atoms with Crippen LogP contribution in [0.25, 0.3) is 0 Å². The van der Waals surface area contributed by atoms with Crippen molar-refractivity contribution >= 4 is 22.9 Å². The molecule has 1 heterocycles. The number of anilines is 1. The Bertz CT molecular complexity index is 750. The van der Waals surface area contributed by atoms with Crippen LogP contribution in [0.15, 0.2) is 36.4 Å². The van der Waals surface area contributed by atoms with Crippen molar-refractivity contribution in [1.29, 1.82) is 0 Å². The van der Waals surface area contributed by atoms with Gasteiger partial charge in [-0.3, -0.25) is 0 Å². The first-order valence-corrected chi connectivity index (χ1v) is 8.29. The number of hydrogen-bond donors (Lipinski definition) is 0. The van der Waals surface area contributed by atoms with Gasteiger partial charge >= 0.3 is 0 Å². The lowest BCUT2D eigenvalue weighted by Crippen LogP contribution is -2.45. The van der Waals surface area contributed by atoms with Crippen LogP contribution < -0.4 is 23.8 Å². The monoisotopic (exact) mass is 359 g/mol. The summed E-state index contributed by atoms with van der Waals surface area (Å²) in [6, 6.07) is 12.1. The molecule has 0 amide bonds. The van der Waals surface area contributed by atoms with Gasteiger partial charge in [0.1, 0.15) is 5.75 Å². The molecule has 132 valence electrons. The second-order valence-electron chi connectivity index (χ2n) is 5.64. The molecule has 2 aromatic carbocycles. The van der Waals surface area contributed by atoms with E-state index in [2.05, 4.69) is 17.0 Å². The van der Waals surface area contributed by atoms with Gasteiger partial charge in [0.25, 0.3) is 0 Å². The average Bonchev–Trinajstić information content (AvgIpc) is 2.65. The molecular weight excluding hydrogens is 338 g/mol. The highest BCUT2D eigenvalue weighted by Gasteiger charge is 2.36. The Morgan fingerprint density at radius 1 is 0.880 bits per heavy atom. The molecule has 0 bridgehead atoms. The van der Waals surface area contributed by atoms with Crippen LogP contribution in [0, 0.1) is 0 Å². The van der Waals surface area contributed by atoms with Crippen LogP contribution in [0.1, 0.15) is 18.0 Å². The van der Waals surface area contributed by atoms with Gasteiger partial charge in [0.05, 0.1) is 39.5 Å². The van der Waals surface area contributed by atoms with E-state index in [4.69, 9.17) is 31.2 Å². The van der Waals surface area contributed by atoms with E-state index < -0.39 is 0 Å². The fraction of sp³-hybridized carbons (Fsp3) is 0.316. The molecule has 1 aliphatic rings. The van der Waals surface area contributed by atoms with E-state index in [0.717, 1.165) is 22.8 Å². The van der Waals surface area contributed by atoms with Gasteiger partial charge in [0.15, 0.2) is 11.5 Å². The van der Waals surface area contributed by atoms with Crippen LogP contribution in [0.2, 0.25) is 0 Å². The summed E-state index contributed by atoms with van der Waals surface area (Å²) in [7, 11) is 6.47. The summed E-state index contributed by atoms with van der Waals surface area (Å²) in [6.45, 7) is 0. The molecule has 1 aliphatic heterocycles. The van der Waals surface area contributed by atoms with E-state index in [1.807, 2.05) is 24.3 Å². The van der Waals surface area contributed by atoms with E-state index in [1.54, 1.807) is 28.4 Å². The molecule has 3 rings (SSSR count). The molecule has 0 N–H and O–H groups in total. The Morgan fingerprint density at radius 2 is 1.48 bits per heavy atom. The van der Waals surface area contributed by atoms with Crippen molar-refractivity contribution in [1.82, 2.24) is 0 Å². The van der Waals surface area contributed by atoms with Crippen LogP contribution in [0.4, 0.5) is 5.69 Å². The third-order valence-corrected chi connectivity index (χ3v) is 4.74. The molecule has 1 atom stereocenters. The van der Waals surface area contributed by atoms with Crippen molar-refractivity contribution in [3.05, 3.63) is 42.0 Å². The maximum absolute atomic E-state index is 5.52. The van der Waals surface area contributed by atoms with Crippen LogP contribution in [0.5, 0.6) is 23.0 Å². The topological polar surface area (TPSA) is 40.2 Å². The van der Waals surface area contributed by atoms with E-state index in [9.17, 15) is 0 Å². The van der Waals surface area contributed by atoms with Gasteiger partial charge < -0.3 is 23.8 Å². The van der Waals surface area contributed by atoms with Crippen LogP contribution in [0.3, 0.4) is 0 Å². The minimum Gasteiger partial charge on any atom is -0.497 e. The number of methoxy groups -OCH3 is 4. The van der Waals surface area contributed by atoms with Gasteiger partial charge in [0.2, 0.25) is 5.75 Å². The molecule has 1 fully saturated rings. The lowest BCUT2D eigenvalue weighted by Gasteiger charge is -2.43. The molecule has 25 heavy (non-hydrogen) atoms. The zero-order valence-corrected chi connectivity index (χ0v) is 15.6. The largest absolute Gasteiger partial charge is 0.497 e. The van der Waals surface area contributed by atoms with Crippen LogP contribution >= 0.6 is 12.2 Å². The van der Waals surface area contributed by atoms with E-state index in [-0.39, 0.29) is 6.04 Å². The van der Waals surface area contributed by atoms with Crippen LogP contribution in [-0.4, -0.2) is 33.4 Å². The molecule has 0 saturated carbocycles. The fourth-order valence-corrected chi connectivity index (χ4v) is 3.43. The van der Waals surface area contributed by atoms with Gasteiger partial charge in [-0.15, -0.1) is 0 Å². The van der Waals surface area contributed by atoms with Crippen molar-refractivity contribution in [2.24, 2.45) is 0 Å². The lowest BCUT2D eigenvalue weighted by molar-refractivity contribution is 0.324. The summed E-state index contributed by atoms with van der Waals surface area (Å²) < 4.78 is 21.5. The molecular formula is C19H21NO4S. The number of nitrogens with zero attached hydrogens (tertiary/aromatic N) is 1. The highest BCUT2D eigenvalue weighted by atomic mass is 32.1. The lowest BCUT2D eigenvalue weighted by atomic mass is 9.93. The Morgan fingerprint density at radius 3 is 1.92 bits per heavy atom. The molecule has 0 aliphatic carbocycles. The first-order chi connectivity index (χ1) is 12.1. The first kappa shape index (κ1) is 17.4. The number of benzene rings is 2. The van der Waals surface area contributed by atoms with E-state index >= 15 is 0 Å². The molecule has 0 radical (unpaired) electrons. The Labute approximate surface area is 153 Å². The minimum atomic E-state index is 0.182. The van der Waals surface area contributed by atoms with E-state index in [0.29, 0.717) is 17.2 Å². The van der Waals surface area contributed by atoms with Crippen molar-refractivity contribution in [3.8, 4) is 23.0 Å². The molecule has 0 spiro atoms. The number of rotatable bonds is 6. The third-order valence-electron chi connectivity index (χ3n) is 4.38. The summed E-state index contributed by atoms with van der Waals surface area (Å²) in [6.07, 6.45) is 0.832. The molecule has 0 aromatic heterocycles. The molecule has 2 aromatic rings. The normalized spacial score (nSPS) is 16.2. The quantitative estimate of drug-likeness (QED) is 0.726. The van der Waals surface area contributed by atoms with Crippen molar-refractivity contribution in [2.75, 3.05) is 33.3 Å². The molecule has 1 unspecified atom stereocenters. The van der Waals surface area contributed by atoms with Gasteiger partial charge in [0, 0.05) is 24.2 Å².